The van der Waals surface area contributed by atoms with E-state index in [1.165, 1.54) is 12.1 Å². The van der Waals surface area contributed by atoms with E-state index in [4.69, 9.17) is 11.6 Å². The quantitative estimate of drug-likeness (QED) is 0.840. The van der Waals surface area contributed by atoms with Gasteiger partial charge in [0, 0.05) is 11.1 Å². The SMILES string of the molecule is Cc1ccc(F)c(NC(C)Cc2ccc(Cl)cc2)c1F. The van der Waals surface area contributed by atoms with Gasteiger partial charge in [-0.25, -0.2) is 8.78 Å². The maximum atomic E-state index is 13.9. The molecule has 0 aliphatic carbocycles. The van der Waals surface area contributed by atoms with E-state index in [-0.39, 0.29) is 11.7 Å². The van der Waals surface area contributed by atoms with Crippen LogP contribution in [0.2, 0.25) is 5.02 Å². The van der Waals surface area contributed by atoms with Crippen LogP contribution in [0.25, 0.3) is 0 Å². The molecular weight excluding hydrogens is 280 g/mol. The van der Waals surface area contributed by atoms with Crippen molar-refractivity contribution < 1.29 is 8.78 Å². The number of anilines is 1. The first-order valence-corrected chi connectivity index (χ1v) is 6.80. The van der Waals surface area contributed by atoms with E-state index in [1.807, 2.05) is 19.1 Å². The van der Waals surface area contributed by atoms with Gasteiger partial charge in [0.05, 0.1) is 0 Å². The summed E-state index contributed by atoms with van der Waals surface area (Å²) in [6.45, 7) is 3.50. The highest BCUT2D eigenvalue weighted by Gasteiger charge is 2.14. The smallest absolute Gasteiger partial charge is 0.152 e. The Labute approximate surface area is 122 Å². The Morgan fingerprint density at radius 1 is 1.10 bits per heavy atom. The number of halogens is 3. The predicted octanol–water partition coefficient (Wildman–Crippen LogP) is 4.97. The molecule has 0 aliphatic heterocycles. The molecule has 0 aromatic heterocycles. The highest BCUT2D eigenvalue weighted by atomic mass is 35.5. The zero-order valence-corrected chi connectivity index (χ0v) is 12.1. The summed E-state index contributed by atoms with van der Waals surface area (Å²) in [5.74, 6) is -1.11. The standard InChI is InChI=1S/C16H16ClF2N/c1-10-3-8-14(18)16(15(10)19)20-11(2)9-12-4-6-13(17)7-5-12/h3-8,11,20H,9H2,1-2H3. The fraction of sp³-hybridized carbons (Fsp3) is 0.250. The second-order valence-corrected chi connectivity index (χ2v) is 5.37. The van der Waals surface area contributed by atoms with Crippen molar-refractivity contribution in [1.82, 2.24) is 0 Å². The Kier molecular flexibility index (Phi) is 4.61. The molecule has 2 aromatic rings. The monoisotopic (exact) mass is 295 g/mol. The minimum absolute atomic E-state index is 0.0635. The van der Waals surface area contributed by atoms with Gasteiger partial charge in [0.15, 0.2) is 5.82 Å². The molecule has 0 saturated heterocycles. The topological polar surface area (TPSA) is 12.0 Å². The molecule has 1 unspecified atom stereocenters. The molecular formula is C16H16ClF2N. The van der Waals surface area contributed by atoms with Crippen LogP contribution in [0.1, 0.15) is 18.1 Å². The van der Waals surface area contributed by atoms with E-state index in [1.54, 1.807) is 19.1 Å². The highest BCUT2D eigenvalue weighted by molar-refractivity contribution is 6.30. The lowest BCUT2D eigenvalue weighted by atomic mass is 10.1. The van der Waals surface area contributed by atoms with Gasteiger partial charge >= 0.3 is 0 Å². The number of rotatable bonds is 4. The fourth-order valence-corrected chi connectivity index (χ4v) is 2.19. The molecule has 4 heteroatoms. The lowest BCUT2D eigenvalue weighted by Crippen LogP contribution is -2.20. The van der Waals surface area contributed by atoms with Crippen LogP contribution >= 0.6 is 11.6 Å². The third-order valence-corrected chi connectivity index (χ3v) is 3.38. The van der Waals surface area contributed by atoms with Crippen molar-refractivity contribution in [3.63, 3.8) is 0 Å². The first kappa shape index (κ1) is 14.8. The van der Waals surface area contributed by atoms with E-state index in [0.717, 1.165) is 5.56 Å². The van der Waals surface area contributed by atoms with Crippen molar-refractivity contribution in [2.24, 2.45) is 0 Å². The fourth-order valence-electron chi connectivity index (χ4n) is 2.06. The van der Waals surface area contributed by atoms with Crippen molar-refractivity contribution in [3.05, 3.63) is 64.2 Å². The molecule has 0 fully saturated rings. The summed E-state index contributed by atoms with van der Waals surface area (Å²) in [5, 5.41) is 3.57. The average molecular weight is 296 g/mol. The summed E-state index contributed by atoms with van der Waals surface area (Å²) in [6, 6.07) is 10.0. The third-order valence-electron chi connectivity index (χ3n) is 3.13. The van der Waals surface area contributed by atoms with E-state index < -0.39 is 11.6 Å². The minimum Gasteiger partial charge on any atom is -0.377 e. The van der Waals surface area contributed by atoms with Crippen molar-refractivity contribution >= 4 is 17.3 Å². The second kappa shape index (κ2) is 6.23. The van der Waals surface area contributed by atoms with E-state index in [2.05, 4.69) is 5.32 Å². The summed E-state index contributed by atoms with van der Waals surface area (Å²) >= 11 is 5.82. The average Bonchev–Trinajstić information content (AvgIpc) is 2.42. The van der Waals surface area contributed by atoms with Gasteiger partial charge in [-0.2, -0.15) is 0 Å². The van der Waals surface area contributed by atoms with Gasteiger partial charge in [0.1, 0.15) is 11.5 Å². The predicted molar refractivity (Wildman–Crippen MR) is 79.3 cm³/mol. The normalized spacial score (nSPS) is 12.2. The molecule has 0 amide bonds. The zero-order valence-electron chi connectivity index (χ0n) is 11.4. The molecule has 2 aromatic carbocycles. The largest absolute Gasteiger partial charge is 0.377 e. The maximum absolute atomic E-state index is 13.9. The van der Waals surface area contributed by atoms with E-state index in [9.17, 15) is 8.78 Å². The van der Waals surface area contributed by atoms with Crippen LogP contribution in [-0.4, -0.2) is 6.04 Å². The number of benzene rings is 2. The van der Waals surface area contributed by atoms with Crippen molar-refractivity contribution in [2.45, 2.75) is 26.3 Å². The molecule has 0 heterocycles. The zero-order chi connectivity index (χ0) is 14.7. The summed E-state index contributed by atoms with van der Waals surface area (Å²) in [5.41, 5.74) is 1.42. The van der Waals surface area contributed by atoms with Gasteiger partial charge in [-0.05, 0) is 49.6 Å². The van der Waals surface area contributed by atoms with Crippen LogP contribution in [0.3, 0.4) is 0 Å². The van der Waals surface area contributed by atoms with Gasteiger partial charge in [-0.3, -0.25) is 0 Å². The molecule has 0 bridgehead atoms. The Morgan fingerprint density at radius 2 is 1.75 bits per heavy atom. The van der Waals surface area contributed by atoms with E-state index >= 15 is 0 Å². The summed E-state index contributed by atoms with van der Waals surface area (Å²) in [4.78, 5) is 0. The summed E-state index contributed by atoms with van der Waals surface area (Å²) in [6.07, 6.45) is 0.657. The molecule has 0 spiro atoms. The number of aryl methyl sites for hydroxylation is 1. The van der Waals surface area contributed by atoms with Gasteiger partial charge in [-0.15, -0.1) is 0 Å². The Bertz CT molecular complexity index is 596. The second-order valence-electron chi connectivity index (χ2n) is 4.93. The third kappa shape index (κ3) is 3.48. The summed E-state index contributed by atoms with van der Waals surface area (Å²) < 4.78 is 27.6. The molecule has 0 aliphatic rings. The molecule has 1 atom stereocenters. The molecule has 2 rings (SSSR count). The molecule has 106 valence electrons. The van der Waals surface area contributed by atoms with Crippen LogP contribution < -0.4 is 5.32 Å². The van der Waals surface area contributed by atoms with Crippen LogP contribution in [0.4, 0.5) is 14.5 Å². The van der Waals surface area contributed by atoms with E-state index in [0.29, 0.717) is 17.0 Å². The minimum atomic E-state index is -0.573. The first-order valence-electron chi connectivity index (χ1n) is 6.43. The molecule has 1 N–H and O–H groups in total. The van der Waals surface area contributed by atoms with Crippen LogP contribution in [-0.2, 0) is 6.42 Å². The molecule has 20 heavy (non-hydrogen) atoms. The maximum Gasteiger partial charge on any atom is 0.152 e. The highest BCUT2D eigenvalue weighted by Crippen LogP contribution is 2.23. The van der Waals surface area contributed by atoms with Gasteiger partial charge in [0.2, 0.25) is 0 Å². The molecule has 1 nitrogen and oxygen atoms in total. The van der Waals surface area contributed by atoms with Gasteiger partial charge in [0.25, 0.3) is 0 Å². The Balaban J connectivity index is 2.10. The molecule has 0 radical (unpaired) electrons. The number of hydrogen-bond acceptors (Lipinski definition) is 1. The Hall–Kier alpha value is -1.61. The van der Waals surface area contributed by atoms with Crippen molar-refractivity contribution in [1.29, 1.82) is 0 Å². The van der Waals surface area contributed by atoms with Crippen molar-refractivity contribution in [2.75, 3.05) is 5.32 Å². The summed E-state index contributed by atoms with van der Waals surface area (Å²) in [7, 11) is 0. The van der Waals surface area contributed by atoms with Crippen LogP contribution in [0.15, 0.2) is 36.4 Å². The van der Waals surface area contributed by atoms with Crippen molar-refractivity contribution in [3.8, 4) is 0 Å². The molecule has 0 saturated carbocycles. The number of nitrogens with one attached hydrogen (secondary N) is 1. The lowest BCUT2D eigenvalue weighted by molar-refractivity contribution is 0.577. The van der Waals surface area contributed by atoms with Crippen LogP contribution in [0.5, 0.6) is 0 Å². The Morgan fingerprint density at radius 3 is 2.40 bits per heavy atom. The number of hydrogen-bond donors (Lipinski definition) is 1. The van der Waals surface area contributed by atoms with Crippen LogP contribution in [0, 0.1) is 18.6 Å². The lowest BCUT2D eigenvalue weighted by Gasteiger charge is -2.17. The van der Waals surface area contributed by atoms with Gasteiger partial charge < -0.3 is 5.32 Å². The van der Waals surface area contributed by atoms with Gasteiger partial charge in [-0.1, -0.05) is 29.8 Å². The first-order chi connectivity index (χ1) is 9.47.